The van der Waals surface area contributed by atoms with Crippen molar-refractivity contribution < 1.29 is 30.9 Å². The van der Waals surface area contributed by atoms with Crippen LogP contribution in [-0.4, -0.2) is 52.4 Å². The van der Waals surface area contributed by atoms with Gasteiger partial charge in [0.15, 0.2) is 15.8 Å². The Morgan fingerprint density at radius 2 is 1.77 bits per heavy atom. The van der Waals surface area contributed by atoms with Crippen LogP contribution in [0.3, 0.4) is 0 Å². The van der Waals surface area contributed by atoms with Gasteiger partial charge >= 0.3 is 0 Å². The van der Waals surface area contributed by atoms with Crippen LogP contribution in [-0.2, 0) is 24.7 Å². The Morgan fingerprint density at radius 3 is 2.27 bits per heavy atom. The standard InChI is InChI=1S/C13H15N3O4S.CH4O3S/c1-21(18,19)10-4-2-3-8-7-9(5-6-20-11(8)10)12(17)16-13(14)15;1-5(2,3)4/h2-4,7H,5-6H2,1H3,(H4,14,15,16,17);1H3,(H,2,3,4). The molecule has 5 N–H and O–H groups in total. The Morgan fingerprint density at radius 1 is 1.19 bits per heavy atom. The van der Waals surface area contributed by atoms with Crippen LogP contribution in [0.4, 0.5) is 0 Å². The summed E-state index contributed by atoms with van der Waals surface area (Å²) in [4.78, 5) is 15.4. The summed E-state index contributed by atoms with van der Waals surface area (Å²) in [5.74, 6) is -0.639. The molecule has 1 aromatic rings. The zero-order valence-corrected chi connectivity index (χ0v) is 15.7. The topological polar surface area (TPSA) is 179 Å². The fourth-order valence-electron chi connectivity index (χ4n) is 1.97. The molecule has 0 spiro atoms. The van der Waals surface area contributed by atoms with Gasteiger partial charge in [0.1, 0.15) is 10.6 Å². The molecule has 0 saturated heterocycles. The SMILES string of the molecule is CS(=O)(=O)O.CS(=O)(=O)c1cccc2c1OCCC(C(=O)N=C(N)N)=C2. The highest BCUT2D eigenvalue weighted by molar-refractivity contribution is 7.90. The summed E-state index contributed by atoms with van der Waals surface area (Å²) < 4.78 is 54.9. The van der Waals surface area contributed by atoms with Gasteiger partial charge in [-0.15, -0.1) is 0 Å². The van der Waals surface area contributed by atoms with Gasteiger partial charge in [0.2, 0.25) is 0 Å². The first-order valence-electron chi connectivity index (χ1n) is 7.02. The lowest BCUT2D eigenvalue weighted by Crippen LogP contribution is -2.24. The van der Waals surface area contributed by atoms with Crippen molar-refractivity contribution in [1.82, 2.24) is 0 Å². The van der Waals surface area contributed by atoms with E-state index in [2.05, 4.69) is 4.99 Å². The van der Waals surface area contributed by atoms with Crippen LogP contribution >= 0.6 is 0 Å². The number of para-hydroxylation sites is 1. The number of sulfone groups is 1. The predicted molar refractivity (Wildman–Crippen MR) is 95.9 cm³/mol. The molecule has 2 rings (SSSR count). The summed E-state index contributed by atoms with van der Waals surface area (Å²) >= 11 is 0. The second-order valence-corrected chi connectivity index (χ2v) is 8.74. The number of ether oxygens (including phenoxy) is 1. The molecule has 0 saturated carbocycles. The average Bonchev–Trinajstić information content (AvgIpc) is 2.65. The van der Waals surface area contributed by atoms with Gasteiger partial charge < -0.3 is 16.2 Å². The molecule has 0 fully saturated rings. The van der Waals surface area contributed by atoms with Gasteiger partial charge in [0.05, 0.1) is 12.9 Å². The monoisotopic (exact) mass is 405 g/mol. The Balaban J connectivity index is 0.000000597. The number of carbonyl (C=O) groups excluding carboxylic acids is 1. The van der Waals surface area contributed by atoms with Gasteiger partial charge in [0, 0.05) is 23.8 Å². The first kappa shape index (κ1) is 21.6. The van der Waals surface area contributed by atoms with E-state index in [-0.39, 0.29) is 29.6 Å². The van der Waals surface area contributed by atoms with Crippen molar-refractivity contribution in [3.05, 3.63) is 29.3 Å². The van der Waals surface area contributed by atoms with Crippen LogP contribution in [0.2, 0.25) is 0 Å². The van der Waals surface area contributed by atoms with Crippen LogP contribution in [0.1, 0.15) is 12.0 Å². The molecule has 144 valence electrons. The quantitative estimate of drug-likeness (QED) is 0.334. The van der Waals surface area contributed by atoms with Gasteiger partial charge in [-0.3, -0.25) is 9.35 Å². The number of rotatable bonds is 2. The lowest BCUT2D eigenvalue weighted by atomic mass is 10.1. The molecule has 0 bridgehead atoms. The maximum absolute atomic E-state index is 11.9. The smallest absolute Gasteiger partial charge is 0.276 e. The molecular formula is C14H19N3O7S2. The maximum atomic E-state index is 11.9. The van der Waals surface area contributed by atoms with Crippen molar-refractivity contribution in [2.24, 2.45) is 16.5 Å². The lowest BCUT2D eigenvalue weighted by Gasteiger charge is -2.10. The van der Waals surface area contributed by atoms with Crippen LogP contribution in [0.5, 0.6) is 5.75 Å². The number of aliphatic imine (C=N–C) groups is 1. The van der Waals surface area contributed by atoms with E-state index in [1.807, 2.05) is 0 Å². The normalized spacial score (nSPS) is 13.7. The number of hydrogen-bond donors (Lipinski definition) is 3. The van der Waals surface area contributed by atoms with Gasteiger partial charge in [-0.1, -0.05) is 12.1 Å². The van der Waals surface area contributed by atoms with E-state index >= 15 is 0 Å². The Kier molecular flexibility index (Phi) is 6.89. The first-order chi connectivity index (χ1) is 11.8. The summed E-state index contributed by atoms with van der Waals surface area (Å²) in [7, 11) is -7.09. The highest BCUT2D eigenvalue weighted by atomic mass is 32.2. The number of amides is 1. The van der Waals surface area contributed by atoms with Crippen molar-refractivity contribution >= 4 is 37.9 Å². The molecule has 0 aliphatic carbocycles. The Labute approximate surface area is 151 Å². The lowest BCUT2D eigenvalue weighted by molar-refractivity contribution is -0.114. The van der Waals surface area contributed by atoms with Gasteiger partial charge in [-0.25, -0.2) is 8.42 Å². The van der Waals surface area contributed by atoms with Crippen molar-refractivity contribution in [3.63, 3.8) is 0 Å². The molecule has 1 aliphatic heterocycles. The molecule has 0 atom stereocenters. The third kappa shape index (κ3) is 7.21. The highest BCUT2D eigenvalue weighted by Crippen LogP contribution is 2.32. The van der Waals surface area contributed by atoms with Crippen molar-refractivity contribution in [2.45, 2.75) is 11.3 Å². The van der Waals surface area contributed by atoms with Crippen molar-refractivity contribution in [1.29, 1.82) is 0 Å². The molecule has 12 heteroatoms. The first-order valence-corrected chi connectivity index (χ1v) is 10.8. The van der Waals surface area contributed by atoms with E-state index in [1.165, 1.54) is 6.07 Å². The summed E-state index contributed by atoms with van der Waals surface area (Å²) in [5.41, 5.74) is 11.2. The number of guanidine groups is 1. The summed E-state index contributed by atoms with van der Waals surface area (Å²) in [6.45, 7) is 0.164. The third-order valence-electron chi connectivity index (χ3n) is 2.86. The summed E-state index contributed by atoms with van der Waals surface area (Å²) in [5, 5.41) is 0. The zero-order chi connectivity index (χ0) is 20.1. The summed E-state index contributed by atoms with van der Waals surface area (Å²) in [6.07, 6.45) is 3.65. The molecule has 26 heavy (non-hydrogen) atoms. The minimum absolute atomic E-state index is 0.0896. The Bertz CT molecular complexity index is 952. The second kappa shape index (κ2) is 8.29. The number of nitrogens with zero attached hydrogens (tertiary/aromatic N) is 1. The number of hydrogen-bond acceptors (Lipinski definition) is 6. The molecule has 10 nitrogen and oxygen atoms in total. The van der Waals surface area contributed by atoms with Crippen LogP contribution < -0.4 is 16.2 Å². The van der Waals surface area contributed by atoms with E-state index in [4.69, 9.17) is 20.8 Å². The van der Waals surface area contributed by atoms with E-state index in [0.717, 1.165) is 6.26 Å². The molecule has 1 amide bonds. The largest absolute Gasteiger partial charge is 0.491 e. The van der Waals surface area contributed by atoms with Gasteiger partial charge in [-0.2, -0.15) is 13.4 Å². The molecular weight excluding hydrogens is 386 g/mol. The fourth-order valence-corrected chi connectivity index (χ4v) is 2.81. The molecule has 1 aliphatic rings. The number of carbonyl (C=O) groups is 1. The number of nitrogens with two attached hydrogens (primary N) is 2. The molecule has 1 heterocycles. The molecule has 0 aromatic heterocycles. The maximum Gasteiger partial charge on any atom is 0.276 e. The third-order valence-corrected chi connectivity index (χ3v) is 3.98. The molecule has 0 radical (unpaired) electrons. The van der Waals surface area contributed by atoms with E-state index in [0.29, 0.717) is 17.4 Å². The van der Waals surface area contributed by atoms with Gasteiger partial charge in [0.25, 0.3) is 16.0 Å². The fraction of sp³-hybridized carbons (Fsp3) is 0.286. The second-order valence-electron chi connectivity index (χ2n) is 5.29. The molecule has 0 unspecified atom stereocenters. The number of benzene rings is 1. The van der Waals surface area contributed by atoms with Crippen LogP contribution in [0.15, 0.2) is 33.7 Å². The van der Waals surface area contributed by atoms with Crippen LogP contribution in [0, 0.1) is 0 Å². The molecule has 1 aromatic carbocycles. The van der Waals surface area contributed by atoms with E-state index in [9.17, 15) is 21.6 Å². The van der Waals surface area contributed by atoms with E-state index in [1.54, 1.807) is 18.2 Å². The van der Waals surface area contributed by atoms with Crippen molar-refractivity contribution in [3.8, 4) is 5.75 Å². The minimum atomic E-state index is -3.67. The number of fused-ring (bicyclic) bond motifs is 1. The summed E-state index contributed by atoms with van der Waals surface area (Å²) in [6, 6.07) is 4.71. The predicted octanol–water partition coefficient (Wildman–Crippen LogP) is -0.440. The van der Waals surface area contributed by atoms with Crippen molar-refractivity contribution in [2.75, 3.05) is 19.1 Å². The van der Waals surface area contributed by atoms with Crippen LogP contribution in [0.25, 0.3) is 6.08 Å². The van der Waals surface area contributed by atoms with Gasteiger partial charge in [-0.05, 0) is 12.1 Å². The zero-order valence-electron chi connectivity index (χ0n) is 14.0. The average molecular weight is 405 g/mol. The Hall–Kier alpha value is -2.44. The highest BCUT2D eigenvalue weighted by Gasteiger charge is 2.21. The minimum Gasteiger partial charge on any atom is -0.491 e. The van der Waals surface area contributed by atoms with E-state index < -0.39 is 25.9 Å².